The fourth-order valence-electron chi connectivity index (χ4n) is 2.23. The first-order valence-corrected chi connectivity index (χ1v) is 8.47. The van der Waals surface area contributed by atoms with Crippen LogP contribution in [0.1, 0.15) is 17.4 Å². The Balaban J connectivity index is 1.68. The number of hydrazone groups is 1. The Morgan fingerprint density at radius 3 is 2.88 bits per heavy atom. The molecule has 2 heterocycles. The molecule has 0 aliphatic heterocycles. The maximum atomic E-state index is 12.4. The number of rotatable bonds is 5. The minimum Gasteiger partial charge on any atom is -0.508 e. The van der Waals surface area contributed by atoms with Crippen molar-refractivity contribution in [2.75, 3.05) is 0 Å². The topological polar surface area (TPSA) is 96.6 Å². The maximum absolute atomic E-state index is 12.4. The van der Waals surface area contributed by atoms with Crippen LogP contribution in [-0.4, -0.2) is 26.8 Å². The number of aryl methyl sites for hydroxylation is 1. The highest BCUT2D eigenvalue weighted by Crippen LogP contribution is 2.20. The van der Waals surface area contributed by atoms with Gasteiger partial charge < -0.3 is 5.11 Å². The summed E-state index contributed by atoms with van der Waals surface area (Å²) in [4.78, 5) is 30.4. The molecule has 0 unspecified atom stereocenters. The third-order valence-corrected chi connectivity index (χ3v) is 4.71. The summed E-state index contributed by atoms with van der Waals surface area (Å²) in [6, 6.07) is 8.20. The maximum Gasteiger partial charge on any atom is 0.262 e. The normalized spacial score (nSPS) is 11.2. The van der Waals surface area contributed by atoms with E-state index in [0.717, 1.165) is 16.9 Å². The second kappa shape index (κ2) is 7.27. The van der Waals surface area contributed by atoms with E-state index in [1.807, 2.05) is 13.0 Å². The number of thiophene rings is 1. The van der Waals surface area contributed by atoms with Crippen LogP contribution in [0.2, 0.25) is 0 Å². The predicted octanol–water partition coefficient (Wildman–Crippen LogP) is 1.88. The van der Waals surface area contributed by atoms with Gasteiger partial charge in [-0.3, -0.25) is 14.2 Å². The summed E-state index contributed by atoms with van der Waals surface area (Å²) < 4.78 is 1.26. The highest BCUT2D eigenvalue weighted by Gasteiger charge is 2.10. The lowest BCUT2D eigenvalue weighted by atomic mass is 10.2. The van der Waals surface area contributed by atoms with Crippen LogP contribution in [0.15, 0.2) is 46.6 Å². The standard InChI is InChI=1S/C17H16N4O3S/c1-2-13-7-14-16(25-13)18-10-21(17(14)24)9-15(23)20-19-8-11-3-5-12(22)6-4-11/h3-8,10,22H,2,9H2,1H3,(H,20,23). The van der Waals surface area contributed by atoms with Crippen molar-refractivity contribution >= 4 is 33.7 Å². The van der Waals surface area contributed by atoms with Crippen molar-refractivity contribution in [3.8, 4) is 5.75 Å². The molecular weight excluding hydrogens is 340 g/mol. The van der Waals surface area contributed by atoms with Crippen LogP contribution in [0.3, 0.4) is 0 Å². The summed E-state index contributed by atoms with van der Waals surface area (Å²) in [5.41, 5.74) is 2.86. The Morgan fingerprint density at radius 2 is 2.16 bits per heavy atom. The number of hydrogen-bond donors (Lipinski definition) is 2. The quantitative estimate of drug-likeness (QED) is 0.539. The molecule has 0 atom stereocenters. The molecule has 1 amide bonds. The summed E-state index contributed by atoms with van der Waals surface area (Å²) in [6.07, 6.45) is 3.67. The molecule has 128 valence electrons. The van der Waals surface area contributed by atoms with Crippen LogP contribution in [0.4, 0.5) is 0 Å². The molecule has 25 heavy (non-hydrogen) atoms. The van der Waals surface area contributed by atoms with Gasteiger partial charge in [-0.1, -0.05) is 6.92 Å². The molecule has 2 N–H and O–H groups in total. The van der Waals surface area contributed by atoms with Gasteiger partial charge in [0.2, 0.25) is 0 Å². The number of aromatic nitrogens is 2. The van der Waals surface area contributed by atoms with Crippen molar-refractivity contribution in [3.63, 3.8) is 0 Å². The van der Waals surface area contributed by atoms with E-state index in [9.17, 15) is 14.7 Å². The minimum absolute atomic E-state index is 0.156. The number of fused-ring (bicyclic) bond motifs is 1. The fourth-order valence-corrected chi connectivity index (χ4v) is 3.15. The van der Waals surface area contributed by atoms with Crippen LogP contribution >= 0.6 is 11.3 Å². The molecule has 3 rings (SSSR count). The first-order chi connectivity index (χ1) is 12.1. The number of amides is 1. The van der Waals surface area contributed by atoms with Crippen LogP contribution in [0.25, 0.3) is 10.2 Å². The highest BCUT2D eigenvalue weighted by molar-refractivity contribution is 7.18. The van der Waals surface area contributed by atoms with Gasteiger partial charge in [0.1, 0.15) is 17.1 Å². The molecule has 0 spiro atoms. The lowest BCUT2D eigenvalue weighted by molar-refractivity contribution is -0.121. The monoisotopic (exact) mass is 356 g/mol. The molecule has 2 aromatic heterocycles. The molecule has 0 saturated carbocycles. The van der Waals surface area contributed by atoms with Gasteiger partial charge in [-0.05, 0) is 42.3 Å². The van der Waals surface area contributed by atoms with Gasteiger partial charge in [0, 0.05) is 4.88 Å². The number of phenols is 1. The van der Waals surface area contributed by atoms with Crippen LogP contribution in [-0.2, 0) is 17.8 Å². The smallest absolute Gasteiger partial charge is 0.262 e. The van der Waals surface area contributed by atoms with Gasteiger partial charge in [0.15, 0.2) is 0 Å². The number of benzene rings is 1. The SMILES string of the molecule is CCc1cc2c(=O)n(CC(=O)NN=Cc3ccc(O)cc3)cnc2s1. The van der Waals surface area contributed by atoms with Gasteiger partial charge >= 0.3 is 0 Å². The Labute approximate surface area is 147 Å². The van der Waals surface area contributed by atoms with E-state index >= 15 is 0 Å². The molecule has 0 bridgehead atoms. The molecule has 0 aliphatic rings. The first-order valence-electron chi connectivity index (χ1n) is 7.65. The summed E-state index contributed by atoms with van der Waals surface area (Å²) in [5, 5.41) is 13.6. The van der Waals surface area contributed by atoms with Gasteiger partial charge in [-0.2, -0.15) is 5.10 Å². The van der Waals surface area contributed by atoms with E-state index in [-0.39, 0.29) is 17.9 Å². The molecule has 7 nitrogen and oxygen atoms in total. The highest BCUT2D eigenvalue weighted by atomic mass is 32.1. The molecule has 0 fully saturated rings. The minimum atomic E-state index is -0.427. The summed E-state index contributed by atoms with van der Waals surface area (Å²) in [7, 11) is 0. The van der Waals surface area contributed by atoms with Crippen LogP contribution < -0.4 is 11.0 Å². The summed E-state index contributed by atoms with van der Waals surface area (Å²) in [6.45, 7) is 1.86. The fraction of sp³-hybridized carbons (Fsp3) is 0.176. The van der Waals surface area contributed by atoms with Gasteiger partial charge in [0.05, 0.1) is 17.9 Å². The summed E-state index contributed by atoms with van der Waals surface area (Å²) >= 11 is 1.49. The zero-order valence-corrected chi connectivity index (χ0v) is 14.3. The molecule has 1 aromatic carbocycles. The zero-order chi connectivity index (χ0) is 17.8. The number of carbonyl (C=O) groups is 1. The Hall–Kier alpha value is -3.00. The summed E-state index contributed by atoms with van der Waals surface area (Å²) in [5.74, 6) is -0.271. The van der Waals surface area contributed by atoms with Crippen molar-refractivity contribution in [3.05, 3.63) is 57.5 Å². The molecular formula is C17H16N4O3S. The second-order valence-corrected chi connectivity index (χ2v) is 6.46. The van der Waals surface area contributed by atoms with Crippen molar-refractivity contribution < 1.29 is 9.90 Å². The number of aromatic hydroxyl groups is 1. The van der Waals surface area contributed by atoms with E-state index in [4.69, 9.17) is 0 Å². The third-order valence-electron chi connectivity index (χ3n) is 3.53. The van der Waals surface area contributed by atoms with E-state index in [0.29, 0.717) is 10.2 Å². The largest absolute Gasteiger partial charge is 0.508 e. The van der Waals surface area contributed by atoms with Crippen LogP contribution in [0.5, 0.6) is 5.75 Å². The number of hydrogen-bond acceptors (Lipinski definition) is 6. The predicted molar refractivity (Wildman–Crippen MR) is 97.1 cm³/mol. The average Bonchev–Trinajstić information content (AvgIpc) is 3.03. The number of nitrogens with zero attached hydrogens (tertiary/aromatic N) is 3. The van der Waals surface area contributed by atoms with Gasteiger partial charge in [-0.25, -0.2) is 10.4 Å². The Kier molecular flexibility index (Phi) is 4.90. The third kappa shape index (κ3) is 3.92. The van der Waals surface area contributed by atoms with E-state index < -0.39 is 5.91 Å². The van der Waals surface area contributed by atoms with E-state index in [1.165, 1.54) is 40.6 Å². The van der Waals surface area contributed by atoms with Crippen molar-refractivity contribution in [1.82, 2.24) is 15.0 Å². The molecule has 0 radical (unpaired) electrons. The number of nitrogens with one attached hydrogen (secondary N) is 1. The van der Waals surface area contributed by atoms with Gasteiger partial charge in [0.25, 0.3) is 11.5 Å². The first kappa shape index (κ1) is 16.8. The van der Waals surface area contributed by atoms with E-state index in [2.05, 4.69) is 15.5 Å². The van der Waals surface area contributed by atoms with Gasteiger partial charge in [-0.15, -0.1) is 11.3 Å². The molecule has 0 aliphatic carbocycles. The van der Waals surface area contributed by atoms with Crippen molar-refractivity contribution in [2.24, 2.45) is 5.10 Å². The second-order valence-electron chi connectivity index (χ2n) is 5.35. The zero-order valence-electron chi connectivity index (χ0n) is 13.5. The average molecular weight is 356 g/mol. The lowest BCUT2D eigenvalue weighted by Gasteiger charge is -2.03. The van der Waals surface area contributed by atoms with E-state index in [1.54, 1.807) is 12.1 Å². The van der Waals surface area contributed by atoms with Crippen molar-refractivity contribution in [1.29, 1.82) is 0 Å². The lowest BCUT2D eigenvalue weighted by Crippen LogP contribution is -2.29. The number of carbonyl (C=O) groups excluding carboxylic acids is 1. The molecule has 8 heteroatoms. The molecule has 3 aromatic rings. The Bertz CT molecular complexity index is 989. The Morgan fingerprint density at radius 1 is 1.40 bits per heavy atom. The molecule has 0 saturated heterocycles. The number of phenolic OH excluding ortho intramolecular Hbond substituents is 1. The van der Waals surface area contributed by atoms with Crippen molar-refractivity contribution in [2.45, 2.75) is 19.9 Å². The van der Waals surface area contributed by atoms with Crippen LogP contribution in [0, 0.1) is 0 Å².